The van der Waals surface area contributed by atoms with Gasteiger partial charge in [-0.05, 0) is 31.2 Å². The fourth-order valence-electron chi connectivity index (χ4n) is 2.94. The molecule has 0 fully saturated rings. The Morgan fingerprint density at radius 2 is 2.00 bits per heavy atom. The molecule has 2 aromatic carbocycles. The number of carbonyl (C=O) groups is 1. The van der Waals surface area contributed by atoms with Crippen LogP contribution in [0.2, 0.25) is 0 Å². The molecule has 0 N–H and O–H groups in total. The molecule has 0 saturated heterocycles. The number of hydrogen-bond donors (Lipinski definition) is 0. The number of ether oxygens (including phenoxy) is 1. The first-order chi connectivity index (χ1) is 12.3. The molecule has 138 valence electrons. The first kappa shape index (κ1) is 18.4. The third-order valence-corrected chi connectivity index (χ3v) is 6.07. The number of para-hydroxylation sites is 1. The normalized spacial score (nSPS) is 17.2. The van der Waals surface area contributed by atoms with Gasteiger partial charge in [0.25, 0.3) is 5.91 Å². The summed E-state index contributed by atoms with van der Waals surface area (Å²) in [4.78, 5) is 14.4. The van der Waals surface area contributed by atoms with Gasteiger partial charge < -0.3 is 9.64 Å². The lowest BCUT2D eigenvalue weighted by molar-refractivity contribution is 0.0685. The van der Waals surface area contributed by atoms with Gasteiger partial charge in [-0.2, -0.15) is 0 Å². The second-order valence-corrected chi connectivity index (χ2v) is 8.55. The first-order valence-corrected chi connectivity index (χ1v) is 10.0. The molecule has 1 atom stereocenters. The van der Waals surface area contributed by atoms with Crippen LogP contribution >= 0.6 is 0 Å². The van der Waals surface area contributed by atoms with Gasteiger partial charge in [-0.15, -0.1) is 0 Å². The Balaban J connectivity index is 1.98. The summed E-state index contributed by atoms with van der Waals surface area (Å²) in [7, 11) is -3.53. The highest BCUT2D eigenvalue weighted by molar-refractivity contribution is 7.91. The predicted octanol–water partition coefficient (Wildman–Crippen LogP) is 3.04. The van der Waals surface area contributed by atoms with Crippen LogP contribution in [-0.4, -0.2) is 37.6 Å². The molecule has 0 aliphatic carbocycles. The van der Waals surface area contributed by atoms with Crippen LogP contribution in [0.5, 0.6) is 5.75 Å². The van der Waals surface area contributed by atoms with E-state index in [-0.39, 0.29) is 35.4 Å². The Kier molecular flexibility index (Phi) is 5.00. The maximum Gasteiger partial charge on any atom is 0.257 e. The maximum absolute atomic E-state index is 14.3. The van der Waals surface area contributed by atoms with E-state index in [9.17, 15) is 17.6 Å². The SMILES string of the molecule is CCS(=O)(=O)c1ccc(F)c(C(=O)N2Cc3ccccc3OC(C)C2)c1. The summed E-state index contributed by atoms with van der Waals surface area (Å²) >= 11 is 0. The van der Waals surface area contributed by atoms with Crippen molar-refractivity contribution in [3.05, 3.63) is 59.4 Å². The molecule has 0 aromatic heterocycles. The average molecular weight is 377 g/mol. The molecule has 1 aliphatic heterocycles. The zero-order valence-corrected chi connectivity index (χ0v) is 15.4. The Labute approximate surface area is 152 Å². The van der Waals surface area contributed by atoms with Crippen molar-refractivity contribution >= 4 is 15.7 Å². The number of hydrogen-bond acceptors (Lipinski definition) is 4. The van der Waals surface area contributed by atoms with Gasteiger partial charge in [0.05, 0.1) is 22.8 Å². The number of nitrogens with zero attached hydrogens (tertiary/aromatic N) is 1. The minimum atomic E-state index is -3.53. The topological polar surface area (TPSA) is 63.7 Å². The Morgan fingerprint density at radius 3 is 2.73 bits per heavy atom. The summed E-state index contributed by atoms with van der Waals surface area (Å²) < 4.78 is 44.2. The van der Waals surface area contributed by atoms with Crippen LogP contribution in [0.25, 0.3) is 0 Å². The Bertz CT molecular complexity index is 942. The van der Waals surface area contributed by atoms with Crippen LogP contribution in [0.4, 0.5) is 4.39 Å². The van der Waals surface area contributed by atoms with E-state index in [1.54, 1.807) is 0 Å². The number of fused-ring (bicyclic) bond motifs is 1. The molecule has 26 heavy (non-hydrogen) atoms. The van der Waals surface area contributed by atoms with Crippen LogP contribution < -0.4 is 4.74 Å². The number of rotatable bonds is 3. The highest BCUT2D eigenvalue weighted by atomic mass is 32.2. The van der Waals surface area contributed by atoms with Crippen LogP contribution in [0, 0.1) is 5.82 Å². The van der Waals surface area contributed by atoms with Crippen molar-refractivity contribution in [2.24, 2.45) is 0 Å². The molecule has 0 spiro atoms. The zero-order chi connectivity index (χ0) is 18.9. The number of sulfone groups is 1. The smallest absolute Gasteiger partial charge is 0.257 e. The molecule has 1 amide bonds. The molecule has 1 heterocycles. The second kappa shape index (κ2) is 7.07. The van der Waals surface area contributed by atoms with E-state index in [1.165, 1.54) is 17.9 Å². The van der Waals surface area contributed by atoms with Crippen molar-refractivity contribution in [1.82, 2.24) is 4.90 Å². The minimum Gasteiger partial charge on any atom is -0.489 e. The fraction of sp³-hybridized carbons (Fsp3) is 0.316. The van der Waals surface area contributed by atoms with E-state index in [0.717, 1.165) is 17.7 Å². The molecule has 0 radical (unpaired) electrons. The first-order valence-electron chi connectivity index (χ1n) is 8.38. The summed E-state index contributed by atoms with van der Waals surface area (Å²) in [6.45, 7) is 3.88. The molecule has 2 aromatic rings. The third-order valence-electron chi connectivity index (χ3n) is 4.33. The molecule has 1 unspecified atom stereocenters. The maximum atomic E-state index is 14.3. The fourth-order valence-corrected chi connectivity index (χ4v) is 3.84. The van der Waals surface area contributed by atoms with Gasteiger partial charge in [-0.25, -0.2) is 12.8 Å². The standard InChI is InChI=1S/C19H20FNO4S/c1-3-26(23,24)15-8-9-17(20)16(10-15)19(22)21-11-13(2)25-18-7-5-4-6-14(18)12-21/h4-10,13H,3,11-12H2,1-2H3. The second-order valence-electron chi connectivity index (χ2n) is 6.27. The van der Waals surface area contributed by atoms with Gasteiger partial charge in [0, 0.05) is 12.1 Å². The monoisotopic (exact) mass is 377 g/mol. The highest BCUT2D eigenvalue weighted by Crippen LogP contribution is 2.26. The van der Waals surface area contributed by atoms with Gasteiger partial charge >= 0.3 is 0 Å². The molecule has 3 rings (SSSR count). The Hall–Kier alpha value is -2.41. The number of amides is 1. The lowest BCUT2D eigenvalue weighted by Gasteiger charge is -2.22. The molecular formula is C19H20FNO4S. The van der Waals surface area contributed by atoms with Crippen molar-refractivity contribution in [1.29, 1.82) is 0 Å². The van der Waals surface area contributed by atoms with E-state index >= 15 is 0 Å². The molecule has 7 heteroatoms. The van der Waals surface area contributed by atoms with Crippen LogP contribution in [0.15, 0.2) is 47.4 Å². The van der Waals surface area contributed by atoms with Gasteiger partial charge in [0.2, 0.25) is 0 Å². The van der Waals surface area contributed by atoms with Crippen molar-refractivity contribution < 1.29 is 22.3 Å². The Morgan fingerprint density at radius 1 is 1.27 bits per heavy atom. The molecule has 0 bridgehead atoms. The van der Waals surface area contributed by atoms with E-state index in [2.05, 4.69) is 0 Å². The van der Waals surface area contributed by atoms with Gasteiger partial charge in [0.1, 0.15) is 17.7 Å². The largest absolute Gasteiger partial charge is 0.489 e. The van der Waals surface area contributed by atoms with E-state index in [4.69, 9.17) is 4.74 Å². The van der Waals surface area contributed by atoms with E-state index in [1.807, 2.05) is 31.2 Å². The highest BCUT2D eigenvalue weighted by Gasteiger charge is 2.27. The predicted molar refractivity (Wildman–Crippen MR) is 95.4 cm³/mol. The van der Waals surface area contributed by atoms with Crippen molar-refractivity contribution in [3.8, 4) is 5.75 Å². The van der Waals surface area contributed by atoms with Crippen molar-refractivity contribution in [3.63, 3.8) is 0 Å². The average Bonchev–Trinajstić information content (AvgIpc) is 2.79. The van der Waals surface area contributed by atoms with Gasteiger partial charge in [0.15, 0.2) is 9.84 Å². The third kappa shape index (κ3) is 3.58. The van der Waals surface area contributed by atoms with Gasteiger partial charge in [-0.3, -0.25) is 4.79 Å². The van der Waals surface area contributed by atoms with E-state index < -0.39 is 21.6 Å². The molecule has 5 nitrogen and oxygen atoms in total. The van der Waals surface area contributed by atoms with Crippen molar-refractivity contribution in [2.75, 3.05) is 12.3 Å². The van der Waals surface area contributed by atoms with E-state index in [0.29, 0.717) is 5.75 Å². The summed E-state index contributed by atoms with van der Waals surface area (Å²) in [6, 6.07) is 10.7. The molecule has 1 aliphatic rings. The number of halogens is 1. The quantitative estimate of drug-likeness (QED) is 0.772. The van der Waals surface area contributed by atoms with Crippen LogP contribution in [0.1, 0.15) is 29.8 Å². The summed E-state index contributed by atoms with van der Waals surface area (Å²) in [5.41, 5.74) is 0.578. The summed E-state index contributed by atoms with van der Waals surface area (Å²) in [6.07, 6.45) is -0.270. The van der Waals surface area contributed by atoms with Crippen LogP contribution in [-0.2, 0) is 16.4 Å². The summed E-state index contributed by atoms with van der Waals surface area (Å²) in [5.74, 6) is -0.717. The number of carbonyl (C=O) groups excluding carboxylic acids is 1. The summed E-state index contributed by atoms with van der Waals surface area (Å²) in [5, 5.41) is 0. The van der Waals surface area contributed by atoms with Gasteiger partial charge in [-0.1, -0.05) is 25.1 Å². The minimum absolute atomic E-state index is 0.0516. The number of benzene rings is 2. The lowest BCUT2D eigenvalue weighted by atomic mass is 10.1. The lowest BCUT2D eigenvalue weighted by Crippen LogP contribution is -2.36. The van der Waals surface area contributed by atoms with Crippen molar-refractivity contribution in [2.45, 2.75) is 31.4 Å². The molecular weight excluding hydrogens is 357 g/mol. The molecule has 0 saturated carbocycles. The van der Waals surface area contributed by atoms with Crippen LogP contribution in [0.3, 0.4) is 0 Å². The zero-order valence-electron chi connectivity index (χ0n) is 14.6.